The van der Waals surface area contributed by atoms with Crippen molar-refractivity contribution >= 4 is 5.78 Å². The van der Waals surface area contributed by atoms with E-state index in [-0.39, 0.29) is 5.78 Å². The van der Waals surface area contributed by atoms with Crippen molar-refractivity contribution in [3.8, 4) is 5.75 Å². The number of fused-ring (bicyclic) bond motifs is 1. The highest BCUT2D eigenvalue weighted by Gasteiger charge is 2.22. The van der Waals surface area contributed by atoms with Gasteiger partial charge in [0.1, 0.15) is 5.75 Å². The number of benzene rings is 2. The summed E-state index contributed by atoms with van der Waals surface area (Å²) in [5, 5.41) is 0. The zero-order valence-corrected chi connectivity index (χ0v) is 10.8. The molecule has 2 aromatic carbocycles. The number of carbonyl (C=O) groups excluding carboxylic acids is 1. The zero-order valence-electron chi connectivity index (χ0n) is 10.8. The summed E-state index contributed by atoms with van der Waals surface area (Å²) in [5.41, 5.74) is 3.20. The van der Waals surface area contributed by atoms with Gasteiger partial charge >= 0.3 is 0 Å². The molecule has 0 bridgehead atoms. The van der Waals surface area contributed by atoms with Crippen molar-refractivity contribution in [1.29, 1.82) is 0 Å². The van der Waals surface area contributed by atoms with E-state index in [4.69, 9.17) is 4.74 Å². The van der Waals surface area contributed by atoms with E-state index in [0.29, 0.717) is 13.0 Å². The number of ketones is 1. The van der Waals surface area contributed by atoms with Crippen LogP contribution >= 0.6 is 0 Å². The molecule has 2 nitrogen and oxygen atoms in total. The van der Waals surface area contributed by atoms with Gasteiger partial charge in [-0.1, -0.05) is 42.5 Å². The molecule has 1 aliphatic carbocycles. The average Bonchev–Trinajstić information content (AvgIpc) is 2.83. The smallest absolute Gasteiger partial charge is 0.163 e. The van der Waals surface area contributed by atoms with E-state index in [1.165, 1.54) is 5.56 Å². The van der Waals surface area contributed by atoms with Gasteiger partial charge in [0.25, 0.3) is 0 Å². The molecule has 0 fully saturated rings. The lowest BCUT2D eigenvalue weighted by atomic mass is 10.1. The number of Topliss-reactive ketones (excluding diaryl/α,β-unsaturated/α-hetero) is 1. The molecule has 0 saturated carbocycles. The number of hydrogen-bond donors (Lipinski definition) is 0. The maximum absolute atomic E-state index is 11.7. The molecule has 0 aromatic heterocycles. The Morgan fingerprint density at radius 1 is 0.947 bits per heavy atom. The molecule has 0 heterocycles. The molecule has 0 amide bonds. The van der Waals surface area contributed by atoms with Gasteiger partial charge in [0.15, 0.2) is 5.78 Å². The molecule has 2 heteroatoms. The topological polar surface area (TPSA) is 26.3 Å². The Kier molecular flexibility index (Phi) is 3.32. The predicted molar refractivity (Wildman–Crippen MR) is 74.7 cm³/mol. The third-order valence-corrected chi connectivity index (χ3v) is 3.53. The van der Waals surface area contributed by atoms with Crippen LogP contribution in [0.3, 0.4) is 0 Å². The van der Waals surface area contributed by atoms with Gasteiger partial charge in [-0.05, 0) is 18.1 Å². The lowest BCUT2D eigenvalue weighted by Crippen LogP contribution is -2.03. The van der Waals surface area contributed by atoms with Crippen LogP contribution in [0.1, 0.15) is 27.9 Å². The summed E-state index contributed by atoms with van der Waals surface area (Å²) in [6.45, 7) is 0.647. The SMILES string of the molecule is O=C1CCc2c(OCCc3ccccc3)cccc21. The van der Waals surface area contributed by atoms with Crippen molar-refractivity contribution in [3.63, 3.8) is 0 Å². The normalized spacial score (nSPS) is 13.4. The van der Waals surface area contributed by atoms with Crippen LogP contribution in [-0.2, 0) is 12.8 Å². The average molecular weight is 252 g/mol. The third kappa shape index (κ3) is 2.53. The fourth-order valence-electron chi connectivity index (χ4n) is 2.52. The standard InChI is InChI=1S/C17H16O2/c18-16-10-9-15-14(16)7-4-8-17(15)19-12-11-13-5-2-1-3-6-13/h1-8H,9-12H2. The molecule has 96 valence electrons. The highest BCUT2D eigenvalue weighted by molar-refractivity contribution is 6.01. The second-order valence-electron chi connectivity index (χ2n) is 4.79. The van der Waals surface area contributed by atoms with Gasteiger partial charge in [-0.2, -0.15) is 0 Å². The van der Waals surface area contributed by atoms with E-state index in [0.717, 1.165) is 29.7 Å². The molecular formula is C17H16O2. The molecule has 0 unspecified atom stereocenters. The van der Waals surface area contributed by atoms with E-state index < -0.39 is 0 Å². The van der Waals surface area contributed by atoms with Crippen LogP contribution in [0.5, 0.6) is 5.75 Å². The Hall–Kier alpha value is -2.09. The highest BCUT2D eigenvalue weighted by atomic mass is 16.5. The number of ether oxygens (including phenoxy) is 1. The van der Waals surface area contributed by atoms with Crippen LogP contribution in [0, 0.1) is 0 Å². The molecule has 0 N–H and O–H groups in total. The van der Waals surface area contributed by atoms with Crippen molar-refractivity contribution in [1.82, 2.24) is 0 Å². The Labute approximate surface area is 113 Å². The minimum absolute atomic E-state index is 0.239. The minimum Gasteiger partial charge on any atom is -0.493 e. The van der Waals surface area contributed by atoms with Gasteiger partial charge in [0.2, 0.25) is 0 Å². The first-order valence-electron chi connectivity index (χ1n) is 6.66. The summed E-state index contributed by atoms with van der Waals surface area (Å²) < 4.78 is 5.85. The fourth-order valence-corrected chi connectivity index (χ4v) is 2.52. The summed E-state index contributed by atoms with van der Waals surface area (Å²) in [4.78, 5) is 11.7. The maximum atomic E-state index is 11.7. The first kappa shape index (κ1) is 12.0. The van der Waals surface area contributed by atoms with Gasteiger partial charge in [-0.25, -0.2) is 0 Å². The molecule has 2 aromatic rings. The van der Waals surface area contributed by atoms with Crippen LogP contribution in [0.25, 0.3) is 0 Å². The first-order valence-corrected chi connectivity index (χ1v) is 6.66. The molecule has 19 heavy (non-hydrogen) atoms. The Morgan fingerprint density at radius 3 is 2.63 bits per heavy atom. The van der Waals surface area contributed by atoms with Gasteiger partial charge < -0.3 is 4.74 Å². The maximum Gasteiger partial charge on any atom is 0.163 e. The summed E-state index contributed by atoms with van der Waals surface area (Å²) in [6, 6.07) is 16.0. The Balaban J connectivity index is 1.67. The van der Waals surface area contributed by atoms with Crippen molar-refractivity contribution in [2.45, 2.75) is 19.3 Å². The van der Waals surface area contributed by atoms with Gasteiger partial charge in [0.05, 0.1) is 6.61 Å². The van der Waals surface area contributed by atoms with Crippen molar-refractivity contribution in [2.24, 2.45) is 0 Å². The van der Waals surface area contributed by atoms with Crippen LogP contribution < -0.4 is 4.74 Å². The largest absolute Gasteiger partial charge is 0.493 e. The number of rotatable bonds is 4. The second kappa shape index (κ2) is 5.27. The lowest BCUT2D eigenvalue weighted by molar-refractivity contribution is 0.0994. The van der Waals surface area contributed by atoms with E-state index in [9.17, 15) is 4.79 Å². The summed E-state index contributed by atoms with van der Waals surface area (Å²) in [5.74, 6) is 1.11. The summed E-state index contributed by atoms with van der Waals surface area (Å²) in [7, 11) is 0. The monoisotopic (exact) mass is 252 g/mol. The van der Waals surface area contributed by atoms with Gasteiger partial charge in [-0.3, -0.25) is 4.79 Å². The number of carbonyl (C=O) groups is 1. The number of hydrogen-bond acceptors (Lipinski definition) is 2. The van der Waals surface area contributed by atoms with Crippen LogP contribution in [0.4, 0.5) is 0 Å². The highest BCUT2D eigenvalue weighted by Crippen LogP contribution is 2.30. The molecule has 0 spiro atoms. The Bertz CT molecular complexity index is 587. The van der Waals surface area contributed by atoms with Crippen LogP contribution in [0.15, 0.2) is 48.5 Å². The van der Waals surface area contributed by atoms with Crippen molar-refractivity contribution < 1.29 is 9.53 Å². The van der Waals surface area contributed by atoms with E-state index in [1.807, 2.05) is 36.4 Å². The van der Waals surface area contributed by atoms with Crippen LogP contribution in [0.2, 0.25) is 0 Å². The van der Waals surface area contributed by atoms with Crippen molar-refractivity contribution in [2.75, 3.05) is 6.61 Å². The van der Waals surface area contributed by atoms with E-state index >= 15 is 0 Å². The molecule has 1 aliphatic rings. The third-order valence-electron chi connectivity index (χ3n) is 3.53. The fraction of sp³-hybridized carbons (Fsp3) is 0.235. The minimum atomic E-state index is 0.239. The van der Waals surface area contributed by atoms with E-state index in [1.54, 1.807) is 0 Å². The quantitative estimate of drug-likeness (QED) is 0.833. The predicted octanol–water partition coefficient (Wildman–Crippen LogP) is 3.44. The molecule has 0 aliphatic heterocycles. The van der Waals surface area contributed by atoms with Gasteiger partial charge in [-0.15, -0.1) is 0 Å². The first-order chi connectivity index (χ1) is 9.34. The van der Waals surface area contributed by atoms with Crippen molar-refractivity contribution in [3.05, 3.63) is 65.2 Å². The van der Waals surface area contributed by atoms with E-state index in [2.05, 4.69) is 12.1 Å². The molecule has 0 saturated heterocycles. The van der Waals surface area contributed by atoms with Gasteiger partial charge in [0, 0.05) is 24.0 Å². The molecule has 3 rings (SSSR count). The van der Waals surface area contributed by atoms with Crippen LogP contribution in [-0.4, -0.2) is 12.4 Å². The summed E-state index contributed by atoms with van der Waals surface area (Å²) >= 11 is 0. The second-order valence-corrected chi connectivity index (χ2v) is 4.79. The summed E-state index contributed by atoms with van der Waals surface area (Å²) in [6.07, 6.45) is 2.32. The molecular weight excluding hydrogens is 236 g/mol. The lowest BCUT2D eigenvalue weighted by Gasteiger charge is -2.10. The Morgan fingerprint density at radius 2 is 1.79 bits per heavy atom. The molecule has 0 radical (unpaired) electrons. The zero-order chi connectivity index (χ0) is 13.1. The molecule has 0 atom stereocenters.